The molecule has 0 fully saturated rings. The highest BCUT2D eigenvalue weighted by molar-refractivity contribution is 4.68. The predicted octanol–water partition coefficient (Wildman–Crippen LogP) is 2.99. The molecule has 0 amide bonds. The smallest absolute Gasteiger partial charge is 0.0626 e. The Morgan fingerprint density at radius 1 is 1.29 bits per heavy atom. The second-order valence-corrected chi connectivity index (χ2v) is 4.70. The van der Waals surface area contributed by atoms with Gasteiger partial charge in [0.1, 0.15) is 0 Å². The predicted molar refractivity (Wildman–Crippen MR) is 60.4 cm³/mol. The molecule has 0 aliphatic heterocycles. The van der Waals surface area contributed by atoms with Gasteiger partial charge in [0.05, 0.1) is 5.60 Å². The lowest BCUT2D eigenvalue weighted by Gasteiger charge is -2.25. The number of hydrogen-bond donors (Lipinski definition) is 1. The van der Waals surface area contributed by atoms with Crippen LogP contribution in [0.4, 0.5) is 0 Å². The van der Waals surface area contributed by atoms with Crippen LogP contribution in [0.15, 0.2) is 0 Å². The summed E-state index contributed by atoms with van der Waals surface area (Å²) in [5, 5.41) is 8.76. The Morgan fingerprint density at radius 2 is 1.93 bits per heavy atom. The van der Waals surface area contributed by atoms with Gasteiger partial charge in [-0.1, -0.05) is 19.8 Å². The van der Waals surface area contributed by atoms with Gasteiger partial charge in [-0.3, -0.25) is 0 Å². The zero-order chi connectivity index (χ0) is 11.0. The first-order chi connectivity index (χ1) is 6.52. The van der Waals surface area contributed by atoms with Crippen molar-refractivity contribution in [1.82, 2.24) is 0 Å². The summed E-state index contributed by atoms with van der Waals surface area (Å²) < 4.78 is 5.62. The number of ether oxygens (including phenoxy) is 1. The molecule has 0 spiro atoms. The van der Waals surface area contributed by atoms with E-state index in [9.17, 15) is 0 Å². The van der Waals surface area contributed by atoms with Crippen molar-refractivity contribution in [2.45, 2.75) is 59.0 Å². The highest BCUT2D eigenvalue weighted by Crippen LogP contribution is 2.20. The van der Waals surface area contributed by atoms with Crippen LogP contribution in [-0.2, 0) is 4.74 Å². The minimum absolute atomic E-state index is 0.0215. The molecule has 0 rings (SSSR count). The highest BCUT2D eigenvalue weighted by Gasteiger charge is 2.17. The van der Waals surface area contributed by atoms with E-state index in [-0.39, 0.29) is 5.60 Å². The molecule has 0 radical (unpaired) electrons. The molecule has 0 aliphatic rings. The fourth-order valence-corrected chi connectivity index (χ4v) is 1.70. The summed E-state index contributed by atoms with van der Waals surface area (Å²) >= 11 is 0. The highest BCUT2D eigenvalue weighted by atomic mass is 16.5. The molecule has 0 saturated carbocycles. The molecule has 0 saturated heterocycles. The fraction of sp³-hybridized carbons (Fsp3) is 1.00. The quantitative estimate of drug-likeness (QED) is 0.655. The molecule has 2 heteroatoms. The second-order valence-electron chi connectivity index (χ2n) is 4.70. The van der Waals surface area contributed by atoms with Crippen molar-refractivity contribution in [2.24, 2.45) is 5.92 Å². The monoisotopic (exact) mass is 202 g/mol. The first kappa shape index (κ1) is 13.9. The van der Waals surface area contributed by atoms with Gasteiger partial charge in [0.25, 0.3) is 0 Å². The topological polar surface area (TPSA) is 29.5 Å². The standard InChI is InChI=1S/C12H26O2/c1-5-14-12(3,4)9-6-7-11(2)8-10-13/h11,13H,5-10H2,1-4H3. The van der Waals surface area contributed by atoms with Crippen LogP contribution in [0.2, 0.25) is 0 Å². The lowest BCUT2D eigenvalue weighted by Crippen LogP contribution is -2.24. The average Bonchev–Trinajstić information content (AvgIpc) is 2.03. The largest absolute Gasteiger partial charge is 0.396 e. The first-order valence-corrected chi connectivity index (χ1v) is 5.76. The van der Waals surface area contributed by atoms with E-state index in [1.165, 1.54) is 12.8 Å². The van der Waals surface area contributed by atoms with Gasteiger partial charge in [-0.2, -0.15) is 0 Å². The van der Waals surface area contributed by atoms with Crippen molar-refractivity contribution >= 4 is 0 Å². The lowest BCUT2D eigenvalue weighted by atomic mass is 9.95. The van der Waals surface area contributed by atoms with E-state index < -0.39 is 0 Å². The number of aliphatic hydroxyl groups excluding tert-OH is 1. The van der Waals surface area contributed by atoms with Crippen LogP contribution in [0.5, 0.6) is 0 Å². The van der Waals surface area contributed by atoms with E-state index in [2.05, 4.69) is 20.8 Å². The zero-order valence-electron chi connectivity index (χ0n) is 10.2. The van der Waals surface area contributed by atoms with E-state index in [0.29, 0.717) is 12.5 Å². The van der Waals surface area contributed by atoms with Gasteiger partial charge in [-0.15, -0.1) is 0 Å². The van der Waals surface area contributed by atoms with Gasteiger partial charge in [0.15, 0.2) is 0 Å². The molecule has 0 bridgehead atoms. The van der Waals surface area contributed by atoms with Crippen LogP contribution in [-0.4, -0.2) is 23.9 Å². The molecule has 14 heavy (non-hydrogen) atoms. The minimum Gasteiger partial charge on any atom is -0.396 e. The third-order valence-electron chi connectivity index (χ3n) is 2.63. The Kier molecular flexibility index (Phi) is 7.20. The van der Waals surface area contributed by atoms with Crippen LogP contribution < -0.4 is 0 Å². The Hall–Kier alpha value is -0.0800. The Labute approximate surface area is 88.7 Å². The molecule has 86 valence electrons. The minimum atomic E-state index is 0.0215. The molecule has 0 aromatic heterocycles. The van der Waals surface area contributed by atoms with E-state index in [0.717, 1.165) is 19.4 Å². The number of rotatable bonds is 8. The van der Waals surface area contributed by atoms with Crippen LogP contribution in [0.1, 0.15) is 53.4 Å². The second kappa shape index (κ2) is 7.24. The summed E-state index contributed by atoms with van der Waals surface area (Å²) in [5.74, 6) is 0.637. The average molecular weight is 202 g/mol. The summed E-state index contributed by atoms with van der Waals surface area (Å²) in [6.07, 6.45) is 4.41. The van der Waals surface area contributed by atoms with Gasteiger partial charge < -0.3 is 9.84 Å². The maximum atomic E-state index is 8.76. The molecule has 1 unspecified atom stereocenters. The molecule has 0 aromatic carbocycles. The van der Waals surface area contributed by atoms with E-state index >= 15 is 0 Å². The van der Waals surface area contributed by atoms with Crippen LogP contribution in [0, 0.1) is 5.92 Å². The SMILES string of the molecule is CCOC(C)(C)CCCC(C)CCO. The first-order valence-electron chi connectivity index (χ1n) is 5.76. The summed E-state index contributed by atoms with van der Waals surface area (Å²) in [6, 6.07) is 0. The molecular weight excluding hydrogens is 176 g/mol. The summed E-state index contributed by atoms with van der Waals surface area (Å²) in [7, 11) is 0. The molecule has 0 aromatic rings. The molecule has 0 heterocycles. The molecular formula is C12H26O2. The third kappa shape index (κ3) is 7.34. The fourth-order valence-electron chi connectivity index (χ4n) is 1.70. The zero-order valence-corrected chi connectivity index (χ0v) is 10.2. The molecule has 0 aliphatic carbocycles. The maximum absolute atomic E-state index is 8.76. The summed E-state index contributed by atoms with van der Waals surface area (Å²) in [5.41, 5.74) is 0.0215. The summed E-state index contributed by atoms with van der Waals surface area (Å²) in [4.78, 5) is 0. The molecule has 1 N–H and O–H groups in total. The van der Waals surface area contributed by atoms with E-state index in [1.54, 1.807) is 0 Å². The molecule has 2 nitrogen and oxygen atoms in total. The number of hydrogen-bond acceptors (Lipinski definition) is 2. The lowest BCUT2D eigenvalue weighted by molar-refractivity contribution is -0.0183. The van der Waals surface area contributed by atoms with Crippen molar-refractivity contribution < 1.29 is 9.84 Å². The van der Waals surface area contributed by atoms with Gasteiger partial charge in [-0.05, 0) is 39.5 Å². The van der Waals surface area contributed by atoms with Gasteiger partial charge in [0, 0.05) is 13.2 Å². The Bertz CT molecular complexity index is 132. The van der Waals surface area contributed by atoms with Gasteiger partial charge in [-0.25, -0.2) is 0 Å². The van der Waals surface area contributed by atoms with Gasteiger partial charge in [0.2, 0.25) is 0 Å². The molecule has 1 atom stereocenters. The van der Waals surface area contributed by atoms with Crippen molar-refractivity contribution in [3.8, 4) is 0 Å². The Balaban J connectivity index is 3.51. The van der Waals surface area contributed by atoms with Crippen molar-refractivity contribution in [3.63, 3.8) is 0 Å². The maximum Gasteiger partial charge on any atom is 0.0626 e. The summed E-state index contributed by atoms with van der Waals surface area (Å²) in [6.45, 7) is 9.63. The Morgan fingerprint density at radius 3 is 2.43 bits per heavy atom. The third-order valence-corrected chi connectivity index (χ3v) is 2.63. The van der Waals surface area contributed by atoms with Crippen molar-refractivity contribution in [1.29, 1.82) is 0 Å². The number of aliphatic hydroxyl groups is 1. The van der Waals surface area contributed by atoms with Gasteiger partial charge >= 0.3 is 0 Å². The van der Waals surface area contributed by atoms with Crippen molar-refractivity contribution in [3.05, 3.63) is 0 Å². The normalized spacial score (nSPS) is 14.4. The van der Waals surface area contributed by atoms with Crippen LogP contribution in [0.3, 0.4) is 0 Å². The van der Waals surface area contributed by atoms with Crippen LogP contribution in [0.25, 0.3) is 0 Å². The van der Waals surface area contributed by atoms with Crippen molar-refractivity contribution in [2.75, 3.05) is 13.2 Å². The van der Waals surface area contributed by atoms with E-state index in [4.69, 9.17) is 9.84 Å². The van der Waals surface area contributed by atoms with E-state index in [1.807, 2.05) is 6.92 Å². The van der Waals surface area contributed by atoms with Crippen LogP contribution >= 0.6 is 0 Å².